The first-order valence-corrected chi connectivity index (χ1v) is 27.9. The summed E-state index contributed by atoms with van der Waals surface area (Å²) in [6.07, 6.45) is 9.34. The summed E-state index contributed by atoms with van der Waals surface area (Å²) in [6, 6.07) is 28.0. The van der Waals surface area contributed by atoms with Gasteiger partial charge in [0.05, 0.1) is 33.1 Å². The Morgan fingerprint density at radius 2 is 1.00 bits per heavy atom. The summed E-state index contributed by atoms with van der Waals surface area (Å²) >= 11 is 0. The Kier molecular flexibility index (Phi) is 8.74. The van der Waals surface area contributed by atoms with Crippen LogP contribution in [0.5, 0.6) is 0 Å². The lowest BCUT2D eigenvalue weighted by Gasteiger charge is -2.42. The first-order chi connectivity index (χ1) is 33.6. The highest BCUT2D eigenvalue weighted by Gasteiger charge is 2.49. The number of carbonyl (C=O) groups excluding carboxylic acids is 1. The molecule has 0 unspecified atom stereocenters. The highest BCUT2D eigenvalue weighted by Crippen LogP contribution is 2.59. The third-order valence-corrected chi connectivity index (χ3v) is 19.9. The van der Waals surface area contributed by atoms with Crippen LogP contribution in [0.1, 0.15) is 233 Å². The molecule has 3 heteroatoms. The van der Waals surface area contributed by atoms with Gasteiger partial charge in [-0.15, -0.1) is 0 Å². The molecule has 0 aliphatic heterocycles. The molecular formula is C68H74N2O. The lowest BCUT2D eigenvalue weighted by atomic mass is 9.62. The third kappa shape index (κ3) is 5.71. The number of benzene rings is 6. The number of hydrogen-bond donors (Lipinski definition) is 0. The van der Waals surface area contributed by atoms with Crippen LogP contribution in [0.15, 0.2) is 66.7 Å². The van der Waals surface area contributed by atoms with E-state index in [0.717, 1.165) is 31.2 Å². The lowest BCUT2D eigenvalue weighted by Crippen LogP contribution is -2.33. The van der Waals surface area contributed by atoms with Crippen molar-refractivity contribution in [1.29, 1.82) is 0 Å². The molecule has 6 aliphatic carbocycles. The number of carbonyl (C=O) groups is 1. The Morgan fingerprint density at radius 3 is 1.55 bits per heavy atom. The average molecular weight is 935 g/mol. The van der Waals surface area contributed by atoms with Gasteiger partial charge in [-0.25, -0.2) is 0 Å². The number of rotatable bonds is 4. The van der Waals surface area contributed by atoms with Crippen LogP contribution in [0.2, 0.25) is 0 Å². The zero-order valence-electron chi connectivity index (χ0n) is 45.2. The maximum absolute atomic E-state index is 15.0. The minimum atomic E-state index is -0.305. The molecule has 0 amide bonds. The zero-order chi connectivity index (χ0) is 49.5. The van der Waals surface area contributed by atoms with Crippen LogP contribution in [0, 0.1) is 5.41 Å². The number of fused-ring (bicyclic) bond motifs is 16. The molecule has 4 bridgehead atoms. The van der Waals surface area contributed by atoms with E-state index in [4.69, 9.17) is 0 Å². The molecular weight excluding hydrogens is 861 g/mol. The molecule has 4 heterocycles. The lowest BCUT2D eigenvalue weighted by molar-refractivity contribution is 0.0732. The van der Waals surface area contributed by atoms with E-state index >= 15 is 0 Å². The topological polar surface area (TPSA) is 25.9 Å². The van der Waals surface area contributed by atoms with Crippen molar-refractivity contribution < 1.29 is 4.79 Å². The van der Waals surface area contributed by atoms with E-state index in [9.17, 15) is 4.79 Å². The summed E-state index contributed by atoms with van der Waals surface area (Å²) in [5.41, 5.74) is 23.1. The van der Waals surface area contributed by atoms with Crippen molar-refractivity contribution in [3.05, 3.63) is 117 Å². The van der Waals surface area contributed by atoms with Gasteiger partial charge < -0.3 is 8.80 Å². The molecule has 10 aromatic rings. The summed E-state index contributed by atoms with van der Waals surface area (Å²) in [5, 5.41) is 10.9. The first kappa shape index (κ1) is 44.3. The van der Waals surface area contributed by atoms with Crippen molar-refractivity contribution in [2.75, 3.05) is 0 Å². The second kappa shape index (κ2) is 14.0. The summed E-state index contributed by atoms with van der Waals surface area (Å²) in [7, 11) is 0. The molecule has 6 aromatic carbocycles. The van der Waals surface area contributed by atoms with Gasteiger partial charge in [0.25, 0.3) is 0 Å². The molecule has 0 spiro atoms. The van der Waals surface area contributed by atoms with E-state index in [1.807, 2.05) is 0 Å². The molecule has 6 aliphatic rings. The highest BCUT2D eigenvalue weighted by atomic mass is 16.1. The molecule has 0 saturated heterocycles. The normalized spacial score (nSPS) is 22.9. The van der Waals surface area contributed by atoms with Gasteiger partial charge in [-0.1, -0.05) is 109 Å². The van der Waals surface area contributed by atoms with Crippen LogP contribution in [0.3, 0.4) is 0 Å². The van der Waals surface area contributed by atoms with Gasteiger partial charge in [0, 0.05) is 54.1 Å². The molecule has 3 nitrogen and oxygen atoms in total. The van der Waals surface area contributed by atoms with E-state index in [1.54, 1.807) is 16.7 Å². The third-order valence-electron chi connectivity index (χ3n) is 19.9. The fourth-order valence-electron chi connectivity index (χ4n) is 15.7. The Balaban J connectivity index is 1.18. The fourth-order valence-corrected chi connectivity index (χ4v) is 15.7. The highest BCUT2D eigenvalue weighted by molar-refractivity contribution is 6.30. The van der Waals surface area contributed by atoms with Crippen molar-refractivity contribution >= 4 is 82.0 Å². The van der Waals surface area contributed by atoms with Gasteiger partial charge in [0.15, 0.2) is 5.78 Å². The molecule has 362 valence electrons. The Morgan fingerprint density at radius 1 is 0.507 bits per heavy atom. The molecule has 0 atom stereocenters. The van der Waals surface area contributed by atoms with Crippen molar-refractivity contribution in [1.82, 2.24) is 8.80 Å². The van der Waals surface area contributed by atoms with Gasteiger partial charge in [-0.05, 0) is 207 Å². The second-order valence-corrected chi connectivity index (χ2v) is 27.5. The van der Waals surface area contributed by atoms with Gasteiger partial charge in [0.2, 0.25) is 0 Å². The molecule has 2 saturated carbocycles. The first-order valence-electron chi connectivity index (χ1n) is 27.9. The number of hydrogen-bond acceptors (Lipinski definition) is 1. The molecule has 2 fully saturated rings. The van der Waals surface area contributed by atoms with Crippen LogP contribution in [0.25, 0.3) is 87.3 Å². The smallest absolute Gasteiger partial charge is 0.169 e. The predicted molar refractivity (Wildman–Crippen MR) is 303 cm³/mol. The summed E-state index contributed by atoms with van der Waals surface area (Å²) in [5.74, 6) is 2.81. The van der Waals surface area contributed by atoms with Gasteiger partial charge in [0.1, 0.15) is 0 Å². The maximum Gasteiger partial charge on any atom is 0.169 e. The van der Waals surface area contributed by atoms with Gasteiger partial charge >= 0.3 is 0 Å². The van der Waals surface area contributed by atoms with Crippen LogP contribution in [-0.2, 0) is 16.2 Å². The molecule has 0 N–H and O–H groups in total. The maximum atomic E-state index is 15.0. The molecule has 71 heavy (non-hydrogen) atoms. The van der Waals surface area contributed by atoms with Crippen LogP contribution >= 0.6 is 0 Å². The molecule has 0 radical (unpaired) electrons. The van der Waals surface area contributed by atoms with Gasteiger partial charge in [-0.2, -0.15) is 0 Å². The monoisotopic (exact) mass is 935 g/mol. The van der Waals surface area contributed by atoms with E-state index < -0.39 is 0 Å². The number of Topliss-reactive ketones (excluding diaryl/α,β-unsaturated/α-hetero) is 1. The largest absolute Gasteiger partial charge is 0.308 e. The minimum Gasteiger partial charge on any atom is -0.308 e. The second-order valence-electron chi connectivity index (χ2n) is 27.5. The predicted octanol–water partition coefficient (Wildman–Crippen LogP) is 19.4. The summed E-state index contributed by atoms with van der Waals surface area (Å²) < 4.78 is 5.32. The fraction of sp³-hybridized carbons (Fsp3) is 0.456. The quantitative estimate of drug-likeness (QED) is 0.173. The number of ketones is 1. The van der Waals surface area contributed by atoms with Gasteiger partial charge in [-0.3, -0.25) is 4.79 Å². The summed E-state index contributed by atoms with van der Waals surface area (Å²) in [6.45, 7) is 33.5. The van der Waals surface area contributed by atoms with Crippen molar-refractivity contribution in [2.45, 2.75) is 194 Å². The van der Waals surface area contributed by atoms with Crippen molar-refractivity contribution in [2.24, 2.45) is 5.41 Å². The average Bonchev–Trinajstić information content (AvgIpc) is 4.03. The minimum absolute atomic E-state index is 0.0133. The zero-order valence-corrected chi connectivity index (χ0v) is 45.2. The molecule has 16 rings (SSSR count). The van der Waals surface area contributed by atoms with Crippen LogP contribution < -0.4 is 0 Å². The SMILES string of the molecule is CC(C)c1cc(C(C)C)c(-c2cc3c4cc5c(cc4n4c6cc7c8cc(C(C)(C)C)cc9c%10c%11c(c(C(C)(C)C)cc%10n(c7cc6c(c2)c34)c89)C2CCC%11CC2)C(=O)C2(C)CCC5(C)CC2)c(C(C)C)c1. The van der Waals surface area contributed by atoms with Crippen LogP contribution in [0.4, 0.5) is 0 Å². The van der Waals surface area contributed by atoms with E-state index in [1.165, 1.54) is 141 Å². The number of aromatic nitrogens is 2. The van der Waals surface area contributed by atoms with E-state index in [0.29, 0.717) is 35.4 Å². The Hall–Kier alpha value is -5.41. The number of nitrogens with zero attached hydrogens (tertiary/aromatic N) is 2. The van der Waals surface area contributed by atoms with E-state index in [2.05, 4.69) is 172 Å². The van der Waals surface area contributed by atoms with Crippen molar-refractivity contribution in [3.63, 3.8) is 0 Å². The standard InChI is InChI=1S/C68H74N2O/c1-34(2)39-23-42(35(3)4)58(43(24-39)36(5)6)40-25-47-44-29-52-50(64(71)68(14)21-19-67(52,13)20-22-68)32-56(44)69-54-31-46-49-27-41(65(7,8)9)28-51-61-57(70(63(49)51)55(46)30-45(54)48(26-40)62(47)69)33-53(66(10,11)12)59-37-15-17-38(18-16-37)60(59)61/h23-38H,15-22H2,1-14H3. The van der Waals surface area contributed by atoms with E-state index in [-0.39, 0.29) is 21.7 Å². The van der Waals surface area contributed by atoms with Crippen LogP contribution in [-0.4, -0.2) is 14.6 Å². The summed E-state index contributed by atoms with van der Waals surface area (Å²) in [4.78, 5) is 15.0. The Labute approximate surface area is 421 Å². The Bertz CT molecular complexity index is 3950. The van der Waals surface area contributed by atoms with Crippen molar-refractivity contribution in [3.8, 4) is 11.1 Å². The molecule has 4 aromatic heterocycles.